The van der Waals surface area contributed by atoms with E-state index in [2.05, 4.69) is 38.3 Å². The average molecular weight is 312 g/mol. The van der Waals surface area contributed by atoms with Crippen molar-refractivity contribution < 1.29 is 9.53 Å². The highest BCUT2D eigenvalue weighted by Gasteiger charge is 2.28. The lowest BCUT2D eigenvalue weighted by molar-refractivity contribution is 0.0517. The molecule has 0 aromatic rings. The summed E-state index contributed by atoms with van der Waals surface area (Å²) < 4.78 is 5.31. The molecule has 0 radical (unpaired) electrons. The molecule has 2 N–H and O–H groups in total. The molecular weight excluding hydrogens is 276 g/mol. The van der Waals surface area contributed by atoms with Gasteiger partial charge in [-0.05, 0) is 57.8 Å². The first-order valence-electron chi connectivity index (χ1n) is 8.71. The van der Waals surface area contributed by atoms with E-state index in [1.165, 1.54) is 25.7 Å². The van der Waals surface area contributed by atoms with Crippen LogP contribution in [-0.2, 0) is 4.74 Å². The predicted octanol–water partition coefficient (Wildman–Crippen LogP) is 4.09. The van der Waals surface area contributed by atoms with Gasteiger partial charge in [-0.3, -0.25) is 0 Å². The molecule has 0 aliphatic heterocycles. The fourth-order valence-corrected chi connectivity index (χ4v) is 2.86. The van der Waals surface area contributed by atoms with Gasteiger partial charge < -0.3 is 15.4 Å². The zero-order valence-corrected chi connectivity index (χ0v) is 15.6. The van der Waals surface area contributed by atoms with Gasteiger partial charge in [-0.25, -0.2) is 4.79 Å². The van der Waals surface area contributed by atoms with Crippen LogP contribution in [0.1, 0.15) is 74.1 Å². The van der Waals surface area contributed by atoms with Crippen molar-refractivity contribution in [3.05, 3.63) is 0 Å². The van der Waals surface area contributed by atoms with E-state index >= 15 is 0 Å². The Morgan fingerprint density at radius 2 is 1.77 bits per heavy atom. The first kappa shape index (κ1) is 19.3. The molecule has 1 atom stereocenters. The molecule has 1 rings (SSSR count). The Bertz CT molecular complexity index is 349. The number of rotatable bonds is 5. The van der Waals surface area contributed by atoms with Gasteiger partial charge in [0.25, 0.3) is 0 Å². The quantitative estimate of drug-likeness (QED) is 0.803. The van der Waals surface area contributed by atoms with E-state index in [4.69, 9.17) is 4.74 Å². The van der Waals surface area contributed by atoms with Crippen LogP contribution in [0.2, 0.25) is 0 Å². The van der Waals surface area contributed by atoms with Crippen molar-refractivity contribution >= 4 is 6.09 Å². The van der Waals surface area contributed by atoms with Gasteiger partial charge in [-0.2, -0.15) is 0 Å². The fraction of sp³-hybridized carbons (Fsp3) is 0.944. The Morgan fingerprint density at radius 3 is 2.23 bits per heavy atom. The molecule has 0 spiro atoms. The topological polar surface area (TPSA) is 50.4 Å². The van der Waals surface area contributed by atoms with Crippen LogP contribution in [0.25, 0.3) is 0 Å². The summed E-state index contributed by atoms with van der Waals surface area (Å²) in [6.45, 7) is 15.4. The SMILES string of the molecule is CC(C)C(CNC(=O)OC(C)(C)C)NC1CCC(C)(C)CC1. The van der Waals surface area contributed by atoms with Crippen molar-refractivity contribution in [2.24, 2.45) is 11.3 Å². The molecule has 22 heavy (non-hydrogen) atoms. The first-order chi connectivity index (χ1) is 9.98. The standard InChI is InChI=1S/C18H36N2O2/c1-13(2)15(12-19-16(21)22-17(3,4)5)20-14-8-10-18(6,7)11-9-14/h13-15,20H,8-12H2,1-7H3,(H,19,21). The van der Waals surface area contributed by atoms with Crippen molar-refractivity contribution in [3.63, 3.8) is 0 Å². The number of hydrogen-bond donors (Lipinski definition) is 2. The number of nitrogens with one attached hydrogen (secondary N) is 2. The number of carbonyl (C=O) groups is 1. The van der Waals surface area contributed by atoms with Crippen LogP contribution in [0.4, 0.5) is 4.79 Å². The third kappa shape index (κ3) is 7.48. The van der Waals surface area contributed by atoms with Crippen LogP contribution in [0.5, 0.6) is 0 Å². The monoisotopic (exact) mass is 312 g/mol. The minimum absolute atomic E-state index is 0.290. The highest BCUT2D eigenvalue weighted by molar-refractivity contribution is 5.67. The lowest BCUT2D eigenvalue weighted by Gasteiger charge is -2.37. The van der Waals surface area contributed by atoms with E-state index in [-0.39, 0.29) is 6.09 Å². The summed E-state index contributed by atoms with van der Waals surface area (Å²) in [5.41, 5.74) is 0.0417. The van der Waals surface area contributed by atoms with Gasteiger partial charge in [0.1, 0.15) is 5.60 Å². The highest BCUT2D eigenvalue weighted by atomic mass is 16.6. The predicted molar refractivity (Wildman–Crippen MR) is 92.0 cm³/mol. The van der Waals surface area contributed by atoms with E-state index in [0.717, 1.165) is 0 Å². The van der Waals surface area contributed by atoms with E-state index in [0.29, 0.717) is 30.0 Å². The number of hydrogen-bond acceptors (Lipinski definition) is 3. The van der Waals surface area contributed by atoms with E-state index < -0.39 is 5.60 Å². The maximum absolute atomic E-state index is 11.8. The largest absolute Gasteiger partial charge is 0.444 e. The number of amides is 1. The van der Waals surface area contributed by atoms with E-state index in [1.54, 1.807) is 0 Å². The molecule has 1 amide bonds. The minimum atomic E-state index is -0.445. The Balaban J connectivity index is 2.41. The molecule has 1 aliphatic rings. The van der Waals surface area contributed by atoms with Crippen molar-refractivity contribution in [3.8, 4) is 0 Å². The summed E-state index contributed by atoms with van der Waals surface area (Å²) in [7, 11) is 0. The van der Waals surface area contributed by atoms with Gasteiger partial charge in [0, 0.05) is 18.6 Å². The Hall–Kier alpha value is -0.770. The number of carbonyl (C=O) groups excluding carboxylic acids is 1. The van der Waals surface area contributed by atoms with Crippen LogP contribution in [0, 0.1) is 11.3 Å². The summed E-state index contributed by atoms with van der Waals surface area (Å²) in [5, 5.41) is 6.64. The van der Waals surface area contributed by atoms with Gasteiger partial charge in [0.2, 0.25) is 0 Å². The van der Waals surface area contributed by atoms with Crippen molar-refractivity contribution in [2.75, 3.05) is 6.54 Å². The second-order valence-corrected chi connectivity index (χ2v) is 8.84. The van der Waals surface area contributed by atoms with Crippen LogP contribution in [0.3, 0.4) is 0 Å². The van der Waals surface area contributed by atoms with Crippen molar-refractivity contribution in [1.29, 1.82) is 0 Å². The number of alkyl carbamates (subject to hydrolysis) is 1. The molecular formula is C18H36N2O2. The molecule has 0 aromatic carbocycles. The minimum Gasteiger partial charge on any atom is -0.444 e. The van der Waals surface area contributed by atoms with Crippen LogP contribution in [-0.4, -0.2) is 30.3 Å². The molecule has 1 fully saturated rings. The molecule has 130 valence electrons. The summed E-state index contributed by atoms with van der Waals surface area (Å²) in [6, 6.07) is 0.861. The van der Waals surface area contributed by atoms with Crippen molar-refractivity contribution in [1.82, 2.24) is 10.6 Å². The molecule has 1 saturated carbocycles. The van der Waals surface area contributed by atoms with Gasteiger partial charge in [0.15, 0.2) is 0 Å². The fourth-order valence-electron chi connectivity index (χ4n) is 2.86. The van der Waals surface area contributed by atoms with Gasteiger partial charge >= 0.3 is 6.09 Å². The molecule has 0 bridgehead atoms. The maximum atomic E-state index is 11.8. The molecule has 0 heterocycles. The summed E-state index contributed by atoms with van der Waals surface area (Å²) in [4.78, 5) is 11.8. The van der Waals surface area contributed by atoms with Crippen LogP contribution in [0.15, 0.2) is 0 Å². The highest BCUT2D eigenvalue weighted by Crippen LogP contribution is 2.35. The molecule has 1 aliphatic carbocycles. The Morgan fingerprint density at radius 1 is 1.23 bits per heavy atom. The molecule has 1 unspecified atom stereocenters. The summed E-state index contributed by atoms with van der Waals surface area (Å²) in [5.74, 6) is 0.477. The molecule has 4 heteroatoms. The summed E-state index contributed by atoms with van der Waals surface area (Å²) >= 11 is 0. The van der Waals surface area contributed by atoms with Gasteiger partial charge in [0.05, 0.1) is 0 Å². The number of ether oxygens (including phenoxy) is 1. The first-order valence-corrected chi connectivity index (χ1v) is 8.71. The van der Waals surface area contributed by atoms with Gasteiger partial charge in [-0.15, -0.1) is 0 Å². The van der Waals surface area contributed by atoms with Crippen LogP contribution < -0.4 is 10.6 Å². The second-order valence-electron chi connectivity index (χ2n) is 8.84. The second kappa shape index (κ2) is 7.67. The van der Waals surface area contributed by atoms with E-state index in [1.807, 2.05) is 20.8 Å². The summed E-state index contributed by atoms with van der Waals surface area (Å²) in [6.07, 6.45) is 4.67. The average Bonchev–Trinajstić information content (AvgIpc) is 2.33. The maximum Gasteiger partial charge on any atom is 0.407 e. The lowest BCUT2D eigenvalue weighted by Crippen LogP contribution is -2.50. The lowest BCUT2D eigenvalue weighted by atomic mass is 9.75. The smallest absolute Gasteiger partial charge is 0.407 e. The molecule has 0 saturated heterocycles. The third-order valence-electron chi connectivity index (χ3n) is 4.46. The molecule has 4 nitrogen and oxygen atoms in total. The van der Waals surface area contributed by atoms with Crippen LogP contribution >= 0.6 is 0 Å². The zero-order valence-electron chi connectivity index (χ0n) is 15.6. The Labute approximate surface area is 136 Å². The van der Waals surface area contributed by atoms with E-state index in [9.17, 15) is 4.79 Å². The van der Waals surface area contributed by atoms with Crippen molar-refractivity contribution in [2.45, 2.75) is 91.8 Å². The Kier molecular flexibility index (Phi) is 6.72. The van der Waals surface area contributed by atoms with Gasteiger partial charge in [-0.1, -0.05) is 27.7 Å². The third-order valence-corrected chi connectivity index (χ3v) is 4.46. The zero-order chi connectivity index (χ0) is 17.0. The normalized spacial score (nSPS) is 20.7. The molecule has 0 aromatic heterocycles.